The second-order valence-corrected chi connectivity index (χ2v) is 5.51. The predicted octanol–water partition coefficient (Wildman–Crippen LogP) is 3.18. The predicted molar refractivity (Wildman–Crippen MR) is 92.6 cm³/mol. The molecular weight excluding hydrogens is 338 g/mol. The molecule has 0 saturated heterocycles. The van der Waals surface area contributed by atoms with Crippen LogP contribution in [-0.2, 0) is 4.79 Å². The topological polar surface area (TPSA) is 114 Å². The van der Waals surface area contributed by atoms with Gasteiger partial charge in [-0.3, -0.25) is 14.9 Å². The molecule has 0 saturated carbocycles. The average Bonchev–Trinajstić information content (AvgIpc) is 3.08. The largest absolute Gasteiger partial charge is 0.454 e. The Morgan fingerprint density at radius 1 is 1.27 bits per heavy atom. The van der Waals surface area contributed by atoms with Gasteiger partial charge in [0, 0.05) is 6.07 Å². The maximum absolute atomic E-state index is 12.4. The minimum absolute atomic E-state index is 0.0254. The first kappa shape index (κ1) is 17.0. The molecule has 0 atom stereocenters. The van der Waals surface area contributed by atoms with Crippen LogP contribution in [0, 0.1) is 28.4 Å². The van der Waals surface area contributed by atoms with Crippen LogP contribution in [0.3, 0.4) is 0 Å². The number of nitriles is 1. The number of hydrogen-bond donors (Lipinski definition) is 1. The number of nitro benzene ring substituents is 1. The fourth-order valence-corrected chi connectivity index (χ4v) is 2.41. The van der Waals surface area contributed by atoms with Crippen molar-refractivity contribution >= 4 is 23.4 Å². The van der Waals surface area contributed by atoms with Crippen LogP contribution < -0.4 is 14.8 Å². The third kappa shape index (κ3) is 3.47. The van der Waals surface area contributed by atoms with E-state index in [0.717, 1.165) is 0 Å². The van der Waals surface area contributed by atoms with Gasteiger partial charge in [-0.1, -0.05) is 12.1 Å². The highest BCUT2D eigenvalue weighted by Gasteiger charge is 2.19. The molecule has 1 heterocycles. The SMILES string of the molecule is Cc1ccc(NC(=O)C(C#N)=Cc2ccc3c(c2)OCO3)c([N+](=O)[O-])c1. The number of hydrogen-bond acceptors (Lipinski definition) is 6. The van der Waals surface area contributed by atoms with Crippen LogP contribution in [0.4, 0.5) is 11.4 Å². The molecule has 0 fully saturated rings. The Balaban J connectivity index is 1.86. The second-order valence-electron chi connectivity index (χ2n) is 5.51. The second kappa shape index (κ2) is 6.94. The highest BCUT2D eigenvalue weighted by molar-refractivity contribution is 6.10. The maximum Gasteiger partial charge on any atom is 0.293 e. The lowest BCUT2D eigenvalue weighted by Gasteiger charge is -2.06. The van der Waals surface area contributed by atoms with Crippen LogP contribution >= 0.6 is 0 Å². The van der Waals surface area contributed by atoms with Crippen LogP contribution in [0.5, 0.6) is 11.5 Å². The fourth-order valence-electron chi connectivity index (χ4n) is 2.41. The summed E-state index contributed by atoms with van der Waals surface area (Å²) in [6, 6.07) is 11.2. The number of nitro groups is 1. The summed E-state index contributed by atoms with van der Waals surface area (Å²) in [5.74, 6) is 0.364. The molecular formula is C18H13N3O5. The third-order valence-corrected chi connectivity index (χ3v) is 3.67. The van der Waals surface area contributed by atoms with Crippen molar-refractivity contribution in [2.45, 2.75) is 6.92 Å². The van der Waals surface area contributed by atoms with Gasteiger partial charge in [0.25, 0.3) is 11.6 Å². The van der Waals surface area contributed by atoms with Crippen LogP contribution in [0.15, 0.2) is 42.0 Å². The fraction of sp³-hybridized carbons (Fsp3) is 0.111. The first-order chi connectivity index (χ1) is 12.5. The van der Waals surface area contributed by atoms with Gasteiger partial charge in [-0.05, 0) is 42.3 Å². The van der Waals surface area contributed by atoms with Gasteiger partial charge >= 0.3 is 0 Å². The Morgan fingerprint density at radius 3 is 2.77 bits per heavy atom. The molecule has 0 aliphatic carbocycles. The highest BCUT2D eigenvalue weighted by atomic mass is 16.7. The smallest absolute Gasteiger partial charge is 0.293 e. The summed E-state index contributed by atoms with van der Waals surface area (Å²) in [5, 5.41) is 22.8. The van der Waals surface area contributed by atoms with E-state index in [1.165, 1.54) is 18.2 Å². The number of nitrogens with zero attached hydrogens (tertiary/aromatic N) is 2. The summed E-state index contributed by atoms with van der Waals surface area (Å²) in [6.45, 7) is 1.82. The van der Waals surface area contributed by atoms with E-state index in [1.54, 1.807) is 37.3 Å². The van der Waals surface area contributed by atoms with E-state index in [0.29, 0.717) is 22.6 Å². The Hall–Kier alpha value is -3.86. The molecule has 2 aromatic rings. The number of nitrogens with one attached hydrogen (secondary N) is 1. The van der Waals surface area contributed by atoms with E-state index in [-0.39, 0.29) is 23.7 Å². The van der Waals surface area contributed by atoms with E-state index in [2.05, 4.69) is 5.32 Å². The maximum atomic E-state index is 12.4. The Morgan fingerprint density at radius 2 is 2.04 bits per heavy atom. The van der Waals surface area contributed by atoms with Gasteiger partial charge in [-0.25, -0.2) is 0 Å². The van der Waals surface area contributed by atoms with E-state index >= 15 is 0 Å². The molecule has 1 aliphatic heterocycles. The van der Waals surface area contributed by atoms with E-state index in [1.807, 2.05) is 0 Å². The molecule has 130 valence electrons. The zero-order valence-corrected chi connectivity index (χ0v) is 13.7. The summed E-state index contributed by atoms with van der Waals surface area (Å²) in [6.07, 6.45) is 1.37. The first-order valence-corrected chi connectivity index (χ1v) is 7.56. The number of rotatable bonds is 4. The van der Waals surface area contributed by atoms with E-state index in [4.69, 9.17) is 9.47 Å². The normalized spacial score (nSPS) is 12.4. The number of aryl methyl sites for hydroxylation is 1. The van der Waals surface area contributed by atoms with Gasteiger partial charge in [-0.2, -0.15) is 5.26 Å². The van der Waals surface area contributed by atoms with Crippen molar-refractivity contribution in [3.8, 4) is 17.6 Å². The van der Waals surface area contributed by atoms with Gasteiger partial charge in [-0.15, -0.1) is 0 Å². The molecule has 2 aromatic carbocycles. The number of anilines is 1. The number of benzene rings is 2. The molecule has 8 heteroatoms. The van der Waals surface area contributed by atoms with Crippen molar-refractivity contribution in [1.82, 2.24) is 0 Å². The van der Waals surface area contributed by atoms with Crippen molar-refractivity contribution in [3.63, 3.8) is 0 Å². The molecule has 1 aliphatic rings. The molecule has 0 bridgehead atoms. The Bertz CT molecular complexity index is 975. The van der Waals surface area contributed by atoms with Gasteiger partial charge in [0.2, 0.25) is 6.79 Å². The summed E-state index contributed by atoms with van der Waals surface area (Å²) < 4.78 is 10.5. The lowest BCUT2D eigenvalue weighted by atomic mass is 10.1. The number of amides is 1. The summed E-state index contributed by atoms with van der Waals surface area (Å²) in [7, 11) is 0. The first-order valence-electron chi connectivity index (χ1n) is 7.56. The highest BCUT2D eigenvalue weighted by Crippen LogP contribution is 2.33. The number of carbonyl (C=O) groups excluding carboxylic acids is 1. The monoisotopic (exact) mass is 351 g/mol. The standard InChI is InChI=1S/C18H13N3O5/c1-11-2-4-14(15(6-11)21(23)24)20-18(22)13(9-19)7-12-3-5-16-17(8-12)26-10-25-16/h2-8H,10H2,1H3,(H,20,22). The lowest BCUT2D eigenvalue weighted by molar-refractivity contribution is -0.384. The summed E-state index contributed by atoms with van der Waals surface area (Å²) >= 11 is 0. The molecule has 0 aromatic heterocycles. The molecule has 8 nitrogen and oxygen atoms in total. The van der Waals surface area contributed by atoms with Crippen LogP contribution in [0.2, 0.25) is 0 Å². The third-order valence-electron chi connectivity index (χ3n) is 3.67. The lowest BCUT2D eigenvalue weighted by Crippen LogP contribution is -2.14. The summed E-state index contributed by atoms with van der Waals surface area (Å²) in [5.41, 5.74) is 0.848. The van der Waals surface area contributed by atoms with Crippen LogP contribution in [0.25, 0.3) is 6.08 Å². The van der Waals surface area contributed by atoms with Crippen molar-refractivity contribution in [2.75, 3.05) is 12.1 Å². The van der Waals surface area contributed by atoms with Gasteiger partial charge in [0.1, 0.15) is 17.3 Å². The van der Waals surface area contributed by atoms with E-state index < -0.39 is 10.8 Å². The zero-order chi connectivity index (χ0) is 18.7. The minimum Gasteiger partial charge on any atom is -0.454 e. The number of fused-ring (bicyclic) bond motifs is 1. The van der Waals surface area contributed by atoms with Gasteiger partial charge in [0.15, 0.2) is 11.5 Å². The molecule has 0 unspecified atom stereocenters. The van der Waals surface area contributed by atoms with Crippen molar-refractivity contribution in [1.29, 1.82) is 5.26 Å². The number of ether oxygens (including phenoxy) is 2. The van der Waals surface area contributed by atoms with Crippen molar-refractivity contribution in [2.24, 2.45) is 0 Å². The molecule has 3 rings (SSSR count). The molecule has 0 spiro atoms. The quantitative estimate of drug-likeness (QED) is 0.391. The average molecular weight is 351 g/mol. The van der Waals surface area contributed by atoms with Crippen LogP contribution in [0.1, 0.15) is 11.1 Å². The van der Waals surface area contributed by atoms with Gasteiger partial charge in [0.05, 0.1) is 4.92 Å². The summed E-state index contributed by atoms with van der Waals surface area (Å²) in [4.78, 5) is 22.9. The molecule has 0 radical (unpaired) electrons. The van der Waals surface area contributed by atoms with Crippen molar-refractivity contribution < 1.29 is 19.2 Å². The van der Waals surface area contributed by atoms with E-state index in [9.17, 15) is 20.2 Å². The molecule has 1 amide bonds. The Kier molecular flexibility index (Phi) is 4.53. The van der Waals surface area contributed by atoms with Crippen LogP contribution in [-0.4, -0.2) is 17.6 Å². The van der Waals surface area contributed by atoms with Gasteiger partial charge < -0.3 is 14.8 Å². The number of carbonyl (C=O) groups is 1. The molecule has 1 N–H and O–H groups in total. The Labute approximate surface area is 148 Å². The van der Waals surface area contributed by atoms with Crippen molar-refractivity contribution in [3.05, 3.63) is 63.2 Å². The molecule has 26 heavy (non-hydrogen) atoms. The zero-order valence-electron chi connectivity index (χ0n) is 13.7. The minimum atomic E-state index is -0.739.